The smallest absolute Gasteiger partial charge is 0.407 e. The maximum atomic E-state index is 11.7. The number of amides is 1. The number of benzene rings is 2. The van der Waals surface area contributed by atoms with Gasteiger partial charge in [-0.1, -0.05) is 46.3 Å². The average Bonchev–Trinajstić information content (AvgIpc) is 2.63. The van der Waals surface area contributed by atoms with Crippen molar-refractivity contribution in [2.24, 2.45) is 0 Å². The van der Waals surface area contributed by atoms with Crippen LogP contribution >= 0.6 is 15.9 Å². The van der Waals surface area contributed by atoms with E-state index in [9.17, 15) is 4.79 Å². The molecule has 0 saturated heterocycles. The summed E-state index contributed by atoms with van der Waals surface area (Å²) in [5, 5.41) is 2.64. The third kappa shape index (κ3) is 7.03. The van der Waals surface area contributed by atoms with Crippen molar-refractivity contribution in [3.8, 4) is 11.5 Å². The zero-order chi connectivity index (χ0) is 17.9. The largest absolute Gasteiger partial charge is 0.488 e. The fourth-order valence-electron chi connectivity index (χ4n) is 1.92. The van der Waals surface area contributed by atoms with Gasteiger partial charge in [-0.25, -0.2) is 4.79 Å². The van der Waals surface area contributed by atoms with Gasteiger partial charge in [0.15, 0.2) is 18.3 Å². The van der Waals surface area contributed by atoms with Crippen LogP contribution in [-0.2, 0) is 16.1 Å². The second-order valence-electron chi connectivity index (χ2n) is 4.98. The molecule has 0 fully saturated rings. The van der Waals surface area contributed by atoms with Crippen molar-refractivity contribution in [1.82, 2.24) is 5.32 Å². The number of halogens is 1. The standard InChI is InChI=1S/C18H20BrNO5/c1-22-13-25-16-8-7-15(19)11-17(16)23-10-9-20-18(21)24-12-14-5-3-2-4-6-14/h2-8,11H,9-10,12-13H2,1H3,(H,20,21). The Morgan fingerprint density at radius 3 is 2.64 bits per heavy atom. The first-order valence-electron chi connectivity index (χ1n) is 7.67. The van der Waals surface area contributed by atoms with Crippen molar-refractivity contribution in [1.29, 1.82) is 0 Å². The summed E-state index contributed by atoms with van der Waals surface area (Å²) >= 11 is 3.38. The molecule has 0 saturated carbocycles. The highest BCUT2D eigenvalue weighted by Gasteiger charge is 2.07. The molecule has 7 heteroatoms. The molecule has 0 heterocycles. The minimum atomic E-state index is -0.488. The molecule has 0 aliphatic heterocycles. The first kappa shape index (κ1) is 19.1. The van der Waals surface area contributed by atoms with Crippen LogP contribution < -0.4 is 14.8 Å². The Labute approximate surface area is 155 Å². The van der Waals surface area contributed by atoms with E-state index in [1.165, 1.54) is 0 Å². The molecule has 0 aliphatic carbocycles. The molecule has 0 aromatic heterocycles. The van der Waals surface area contributed by atoms with Gasteiger partial charge in [-0.3, -0.25) is 0 Å². The molecule has 0 radical (unpaired) electrons. The van der Waals surface area contributed by atoms with E-state index in [-0.39, 0.29) is 20.0 Å². The lowest BCUT2D eigenvalue weighted by molar-refractivity contribution is 0.0486. The van der Waals surface area contributed by atoms with Crippen LogP contribution in [0.3, 0.4) is 0 Å². The third-order valence-electron chi connectivity index (χ3n) is 3.08. The predicted molar refractivity (Wildman–Crippen MR) is 96.8 cm³/mol. The number of carbonyl (C=O) groups is 1. The number of nitrogens with one attached hydrogen (secondary N) is 1. The van der Waals surface area contributed by atoms with Gasteiger partial charge >= 0.3 is 6.09 Å². The monoisotopic (exact) mass is 409 g/mol. The first-order valence-corrected chi connectivity index (χ1v) is 8.47. The average molecular weight is 410 g/mol. The second kappa shape index (κ2) is 10.6. The molecular weight excluding hydrogens is 390 g/mol. The zero-order valence-corrected chi connectivity index (χ0v) is 15.5. The van der Waals surface area contributed by atoms with E-state index in [1.54, 1.807) is 19.2 Å². The molecule has 0 aliphatic rings. The summed E-state index contributed by atoms with van der Waals surface area (Å²) in [6.07, 6.45) is -0.488. The fourth-order valence-corrected chi connectivity index (χ4v) is 2.26. The third-order valence-corrected chi connectivity index (χ3v) is 3.57. The van der Waals surface area contributed by atoms with Gasteiger partial charge in [0.05, 0.1) is 6.54 Å². The van der Waals surface area contributed by atoms with Crippen molar-refractivity contribution in [3.05, 3.63) is 58.6 Å². The van der Waals surface area contributed by atoms with Crippen LogP contribution in [0.2, 0.25) is 0 Å². The first-order chi connectivity index (χ1) is 12.2. The van der Waals surface area contributed by atoms with E-state index in [1.807, 2.05) is 36.4 Å². The lowest BCUT2D eigenvalue weighted by atomic mass is 10.2. The maximum absolute atomic E-state index is 11.7. The Morgan fingerprint density at radius 1 is 1.08 bits per heavy atom. The van der Waals surface area contributed by atoms with Crippen LogP contribution in [0.1, 0.15) is 5.56 Å². The Kier molecular flexibility index (Phi) is 8.08. The van der Waals surface area contributed by atoms with Gasteiger partial charge in [0.1, 0.15) is 13.2 Å². The van der Waals surface area contributed by atoms with Crippen LogP contribution in [0, 0.1) is 0 Å². The van der Waals surface area contributed by atoms with E-state index < -0.39 is 6.09 Å². The van der Waals surface area contributed by atoms with Crippen molar-refractivity contribution in [2.45, 2.75) is 6.61 Å². The van der Waals surface area contributed by atoms with E-state index >= 15 is 0 Å². The normalized spacial score (nSPS) is 10.2. The predicted octanol–water partition coefficient (Wildman–Crippen LogP) is 3.74. The topological polar surface area (TPSA) is 66.0 Å². The number of alkyl carbamates (subject to hydrolysis) is 1. The summed E-state index contributed by atoms with van der Waals surface area (Å²) in [6, 6.07) is 14.9. The summed E-state index contributed by atoms with van der Waals surface area (Å²) < 4.78 is 21.9. The molecule has 0 atom stereocenters. The minimum Gasteiger partial charge on any atom is -0.488 e. The van der Waals surface area contributed by atoms with E-state index in [0.717, 1.165) is 10.0 Å². The van der Waals surface area contributed by atoms with Crippen LogP contribution in [0.25, 0.3) is 0 Å². The van der Waals surface area contributed by atoms with Gasteiger partial charge in [-0.2, -0.15) is 0 Å². The molecule has 0 unspecified atom stereocenters. The summed E-state index contributed by atoms with van der Waals surface area (Å²) in [5.41, 5.74) is 0.933. The van der Waals surface area contributed by atoms with Crippen molar-refractivity contribution in [3.63, 3.8) is 0 Å². The summed E-state index contributed by atoms with van der Waals surface area (Å²) in [7, 11) is 1.55. The minimum absolute atomic E-state index is 0.127. The van der Waals surface area contributed by atoms with Gasteiger partial charge in [-0.15, -0.1) is 0 Å². The van der Waals surface area contributed by atoms with Gasteiger partial charge in [0, 0.05) is 11.6 Å². The lowest BCUT2D eigenvalue weighted by Crippen LogP contribution is -2.28. The van der Waals surface area contributed by atoms with Crippen molar-refractivity contribution < 1.29 is 23.7 Å². The Morgan fingerprint density at radius 2 is 1.88 bits per heavy atom. The molecule has 0 spiro atoms. The number of methoxy groups -OCH3 is 1. The molecule has 0 bridgehead atoms. The highest BCUT2D eigenvalue weighted by Crippen LogP contribution is 2.30. The van der Waals surface area contributed by atoms with Gasteiger partial charge in [0.25, 0.3) is 0 Å². The van der Waals surface area contributed by atoms with E-state index in [0.29, 0.717) is 18.0 Å². The van der Waals surface area contributed by atoms with Crippen molar-refractivity contribution in [2.75, 3.05) is 27.1 Å². The molecule has 134 valence electrons. The number of hydrogen-bond donors (Lipinski definition) is 1. The number of hydrogen-bond acceptors (Lipinski definition) is 5. The van der Waals surface area contributed by atoms with Gasteiger partial charge < -0.3 is 24.3 Å². The quantitative estimate of drug-likeness (QED) is 0.504. The van der Waals surface area contributed by atoms with Crippen molar-refractivity contribution >= 4 is 22.0 Å². The van der Waals surface area contributed by atoms with Crippen LogP contribution in [0.5, 0.6) is 11.5 Å². The van der Waals surface area contributed by atoms with E-state index in [2.05, 4.69) is 21.2 Å². The molecule has 2 aromatic carbocycles. The summed E-state index contributed by atoms with van der Waals surface area (Å²) in [6.45, 7) is 0.945. The van der Waals surface area contributed by atoms with E-state index in [4.69, 9.17) is 18.9 Å². The Hall–Kier alpha value is -2.25. The van der Waals surface area contributed by atoms with Gasteiger partial charge in [0.2, 0.25) is 0 Å². The molecular formula is C18H20BrNO5. The number of ether oxygens (including phenoxy) is 4. The molecule has 2 rings (SSSR count). The Bertz CT molecular complexity index is 666. The molecule has 1 N–H and O–H groups in total. The van der Waals surface area contributed by atoms with Crippen LogP contribution in [0.15, 0.2) is 53.0 Å². The molecule has 6 nitrogen and oxygen atoms in total. The summed E-state index contributed by atoms with van der Waals surface area (Å²) in [5.74, 6) is 1.13. The second-order valence-corrected chi connectivity index (χ2v) is 5.89. The maximum Gasteiger partial charge on any atom is 0.407 e. The van der Waals surface area contributed by atoms with Crippen LogP contribution in [-0.4, -0.2) is 33.1 Å². The SMILES string of the molecule is COCOc1ccc(Br)cc1OCCNC(=O)OCc1ccccc1. The highest BCUT2D eigenvalue weighted by atomic mass is 79.9. The Balaban J connectivity index is 1.71. The zero-order valence-electron chi connectivity index (χ0n) is 13.9. The molecule has 1 amide bonds. The fraction of sp³-hybridized carbons (Fsp3) is 0.278. The van der Waals surface area contributed by atoms with Crippen LogP contribution in [0.4, 0.5) is 4.79 Å². The molecule has 2 aromatic rings. The lowest BCUT2D eigenvalue weighted by Gasteiger charge is -2.13. The number of rotatable bonds is 9. The molecule has 25 heavy (non-hydrogen) atoms. The number of carbonyl (C=O) groups excluding carboxylic acids is 1. The summed E-state index contributed by atoms with van der Waals surface area (Å²) in [4.78, 5) is 11.7. The van der Waals surface area contributed by atoms with Gasteiger partial charge in [-0.05, 0) is 23.8 Å². The highest BCUT2D eigenvalue weighted by molar-refractivity contribution is 9.10.